The van der Waals surface area contributed by atoms with Gasteiger partial charge < -0.3 is 0 Å². The summed E-state index contributed by atoms with van der Waals surface area (Å²) in [5, 5.41) is 0. The van der Waals surface area contributed by atoms with E-state index in [1.807, 2.05) is 0 Å². The Bertz CT molecular complexity index is 639. The Morgan fingerprint density at radius 3 is 1.90 bits per heavy atom. The van der Waals surface area contributed by atoms with Crippen LogP contribution >= 0.6 is 0 Å². The molecule has 1 aromatic carbocycles. The minimum Gasteiger partial charge on any atom is -0.269 e. The zero-order valence-corrected chi connectivity index (χ0v) is 12.3. The number of nitrogens with zero attached hydrogens (tertiary/aromatic N) is 1. The molecule has 0 fully saturated rings. The fourth-order valence-electron chi connectivity index (χ4n) is 2.03. The van der Waals surface area contributed by atoms with Gasteiger partial charge in [-0.25, -0.2) is 13.1 Å². The summed E-state index contributed by atoms with van der Waals surface area (Å²) in [5.74, 6) is -1.83. The highest BCUT2D eigenvalue weighted by atomic mass is 32.2. The number of benzene rings is 1. The number of nitrogens with one attached hydrogen (secondary N) is 1. The van der Waals surface area contributed by atoms with Crippen LogP contribution in [0, 0.1) is 0 Å². The zero-order valence-electron chi connectivity index (χ0n) is 11.5. The molecule has 0 unspecified atom stereocenters. The number of amides is 2. The molecule has 20 heavy (non-hydrogen) atoms. The van der Waals surface area contributed by atoms with Gasteiger partial charge in [0.15, 0.2) is 0 Å². The molecule has 0 saturated carbocycles. The first-order valence-corrected chi connectivity index (χ1v) is 7.73. The predicted molar refractivity (Wildman–Crippen MR) is 73.6 cm³/mol. The second-order valence-corrected chi connectivity index (χ2v) is 7.37. The van der Waals surface area contributed by atoms with Crippen molar-refractivity contribution in [3.8, 4) is 0 Å². The summed E-state index contributed by atoms with van der Waals surface area (Å²) in [6, 6.07) is 6.30. The van der Waals surface area contributed by atoms with Gasteiger partial charge in [-0.3, -0.25) is 14.5 Å². The van der Waals surface area contributed by atoms with Crippen LogP contribution in [0.3, 0.4) is 0 Å². The van der Waals surface area contributed by atoms with Gasteiger partial charge in [0.25, 0.3) is 11.8 Å². The van der Waals surface area contributed by atoms with Crippen molar-refractivity contribution in [3.05, 3.63) is 35.4 Å². The smallest absolute Gasteiger partial charge is 0.262 e. The van der Waals surface area contributed by atoms with Gasteiger partial charge in [-0.15, -0.1) is 0 Å². The number of fused-ring (bicyclic) bond motifs is 1. The van der Waals surface area contributed by atoms with E-state index in [-0.39, 0.29) is 11.1 Å². The molecule has 7 heteroatoms. The number of carbonyl (C=O) groups excluding carboxylic acids is 2. The minimum atomic E-state index is -3.77. The first-order chi connectivity index (χ1) is 9.11. The van der Waals surface area contributed by atoms with Crippen LogP contribution in [-0.4, -0.2) is 36.5 Å². The third-order valence-corrected chi connectivity index (χ3v) is 4.16. The number of hydrogen-bond acceptors (Lipinski definition) is 4. The molecule has 1 aliphatic rings. The first kappa shape index (κ1) is 14.7. The van der Waals surface area contributed by atoms with E-state index in [4.69, 9.17) is 0 Å². The van der Waals surface area contributed by atoms with E-state index in [1.165, 1.54) is 12.1 Å². The largest absolute Gasteiger partial charge is 0.269 e. The summed E-state index contributed by atoms with van der Waals surface area (Å²) in [4.78, 5) is 24.9. The molecule has 2 amide bonds. The van der Waals surface area contributed by atoms with E-state index in [0.717, 1.165) is 4.90 Å². The molecule has 1 heterocycles. The Morgan fingerprint density at radius 2 is 1.50 bits per heavy atom. The lowest BCUT2D eigenvalue weighted by Crippen LogP contribution is -2.46. The van der Waals surface area contributed by atoms with E-state index in [1.54, 1.807) is 32.9 Å². The van der Waals surface area contributed by atoms with Crippen molar-refractivity contribution in [3.63, 3.8) is 0 Å². The maximum Gasteiger partial charge on any atom is 0.262 e. The second kappa shape index (κ2) is 4.68. The zero-order chi connectivity index (χ0) is 15.1. The Hall–Kier alpha value is -1.73. The SMILES string of the molecule is CC(C)(C)NS(=O)(=O)CN1C(=O)c2ccccc2C1=O. The average Bonchev–Trinajstić information content (AvgIpc) is 2.52. The molecule has 2 rings (SSSR count). The molecule has 108 valence electrons. The lowest BCUT2D eigenvalue weighted by atomic mass is 10.1. The molecule has 0 spiro atoms. The van der Waals surface area contributed by atoms with E-state index in [9.17, 15) is 18.0 Å². The van der Waals surface area contributed by atoms with Gasteiger partial charge in [0.2, 0.25) is 10.0 Å². The molecule has 0 radical (unpaired) electrons. The standard InChI is InChI=1S/C13H16N2O4S/c1-13(2,3)14-20(18,19)8-15-11(16)9-6-4-5-7-10(9)12(15)17/h4-7,14H,8H2,1-3H3. The minimum absolute atomic E-state index is 0.239. The third-order valence-electron chi connectivity index (χ3n) is 2.64. The van der Waals surface area contributed by atoms with Crippen molar-refractivity contribution in [2.75, 3.05) is 5.88 Å². The van der Waals surface area contributed by atoms with Crippen molar-refractivity contribution in [1.29, 1.82) is 0 Å². The van der Waals surface area contributed by atoms with Crippen LogP contribution in [0.4, 0.5) is 0 Å². The molecular weight excluding hydrogens is 280 g/mol. The van der Waals surface area contributed by atoms with E-state index in [2.05, 4.69) is 4.72 Å². The number of sulfonamides is 1. The molecule has 0 saturated heterocycles. The maximum absolute atomic E-state index is 12.1. The van der Waals surface area contributed by atoms with Gasteiger partial charge in [-0.05, 0) is 32.9 Å². The average molecular weight is 296 g/mol. The number of carbonyl (C=O) groups is 2. The molecular formula is C13H16N2O4S. The van der Waals surface area contributed by atoms with Crippen LogP contribution in [0.15, 0.2) is 24.3 Å². The summed E-state index contributed by atoms with van der Waals surface area (Å²) >= 11 is 0. The highest BCUT2D eigenvalue weighted by Crippen LogP contribution is 2.22. The quantitative estimate of drug-likeness (QED) is 0.842. The molecule has 1 aromatic rings. The fraction of sp³-hybridized carbons (Fsp3) is 0.385. The van der Waals surface area contributed by atoms with Gasteiger partial charge in [-0.1, -0.05) is 12.1 Å². The number of imide groups is 1. The van der Waals surface area contributed by atoms with Crippen LogP contribution in [-0.2, 0) is 10.0 Å². The summed E-state index contributed by atoms with van der Waals surface area (Å²) in [5.41, 5.74) is -0.191. The highest BCUT2D eigenvalue weighted by Gasteiger charge is 2.38. The van der Waals surface area contributed by atoms with E-state index < -0.39 is 33.3 Å². The maximum atomic E-state index is 12.1. The van der Waals surface area contributed by atoms with Gasteiger partial charge >= 0.3 is 0 Å². The summed E-state index contributed by atoms with van der Waals surface area (Å²) in [6.07, 6.45) is 0. The molecule has 0 aliphatic carbocycles. The van der Waals surface area contributed by atoms with Gasteiger partial charge in [0.1, 0.15) is 5.88 Å². The van der Waals surface area contributed by atoms with Crippen LogP contribution in [0.25, 0.3) is 0 Å². The molecule has 1 aliphatic heterocycles. The summed E-state index contributed by atoms with van der Waals surface area (Å²) < 4.78 is 26.4. The van der Waals surface area contributed by atoms with Crippen molar-refractivity contribution in [2.45, 2.75) is 26.3 Å². The van der Waals surface area contributed by atoms with Gasteiger partial charge in [-0.2, -0.15) is 0 Å². The van der Waals surface area contributed by atoms with Crippen molar-refractivity contribution in [1.82, 2.24) is 9.62 Å². The third kappa shape index (κ3) is 2.88. The number of rotatable bonds is 3. The molecule has 0 atom stereocenters. The van der Waals surface area contributed by atoms with Gasteiger partial charge in [0, 0.05) is 5.54 Å². The Kier molecular flexibility index (Phi) is 3.43. The van der Waals surface area contributed by atoms with Crippen LogP contribution in [0.2, 0.25) is 0 Å². The molecule has 0 aromatic heterocycles. The Morgan fingerprint density at radius 1 is 1.05 bits per heavy atom. The number of hydrogen-bond donors (Lipinski definition) is 1. The predicted octanol–water partition coefficient (Wildman–Crippen LogP) is 0.958. The van der Waals surface area contributed by atoms with Crippen molar-refractivity contribution >= 4 is 21.8 Å². The van der Waals surface area contributed by atoms with Crippen LogP contribution in [0.1, 0.15) is 41.5 Å². The topological polar surface area (TPSA) is 83.6 Å². The normalized spacial score (nSPS) is 15.7. The lowest BCUT2D eigenvalue weighted by Gasteiger charge is -2.22. The second-order valence-electron chi connectivity index (χ2n) is 5.68. The molecule has 0 bridgehead atoms. The van der Waals surface area contributed by atoms with E-state index in [0.29, 0.717) is 0 Å². The molecule has 6 nitrogen and oxygen atoms in total. The van der Waals surface area contributed by atoms with Crippen molar-refractivity contribution < 1.29 is 18.0 Å². The van der Waals surface area contributed by atoms with Gasteiger partial charge in [0.05, 0.1) is 11.1 Å². The highest BCUT2D eigenvalue weighted by molar-refractivity contribution is 7.89. The lowest BCUT2D eigenvalue weighted by molar-refractivity contribution is 0.0679. The van der Waals surface area contributed by atoms with E-state index >= 15 is 0 Å². The first-order valence-electron chi connectivity index (χ1n) is 6.08. The summed E-state index contributed by atoms with van der Waals surface area (Å²) in [6.45, 7) is 5.06. The fourth-order valence-corrected chi connectivity index (χ4v) is 3.60. The Labute approximate surface area is 117 Å². The Balaban J connectivity index is 2.25. The van der Waals surface area contributed by atoms with Crippen LogP contribution in [0.5, 0.6) is 0 Å². The summed E-state index contributed by atoms with van der Waals surface area (Å²) in [7, 11) is -3.77. The monoisotopic (exact) mass is 296 g/mol. The molecule has 1 N–H and O–H groups in total. The van der Waals surface area contributed by atoms with Crippen LogP contribution < -0.4 is 4.72 Å². The van der Waals surface area contributed by atoms with Crippen molar-refractivity contribution in [2.24, 2.45) is 0 Å².